The van der Waals surface area contributed by atoms with Crippen LogP contribution in [-0.4, -0.2) is 31.5 Å². The SMILES string of the molecule is CC(NC(=O)c1cncn1C)c1nc(C(=O)O)cs1. The third-order valence-electron chi connectivity index (χ3n) is 2.51. The summed E-state index contributed by atoms with van der Waals surface area (Å²) in [6.45, 7) is 1.75. The highest BCUT2D eigenvalue weighted by atomic mass is 32.1. The lowest BCUT2D eigenvalue weighted by Crippen LogP contribution is -2.28. The minimum absolute atomic E-state index is 0.0124. The number of hydrogen-bond acceptors (Lipinski definition) is 5. The van der Waals surface area contributed by atoms with E-state index in [1.54, 1.807) is 18.5 Å². The summed E-state index contributed by atoms with van der Waals surface area (Å²) in [5.74, 6) is -1.35. The molecule has 0 bridgehead atoms. The molecule has 2 aromatic heterocycles. The molecule has 0 aliphatic carbocycles. The van der Waals surface area contributed by atoms with Crippen LogP contribution in [0.15, 0.2) is 17.9 Å². The number of aromatic carboxylic acids is 1. The van der Waals surface area contributed by atoms with E-state index in [-0.39, 0.29) is 17.6 Å². The molecule has 2 aromatic rings. The topological polar surface area (TPSA) is 97.1 Å². The fourth-order valence-electron chi connectivity index (χ4n) is 1.49. The summed E-state index contributed by atoms with van der Waals surface area (Å²) in [7, 11) is 1.72. The monoisotopic (exact) mass is 280 g/mol. The van der Waals surface area contributed by atoms with Crippen LogP contribution in [0.4, 0.5) is 0 Å². The van der Waals surface area contributed by atoms with Crippen LogP contribution in [0.5, 0.6) is 0 Å². The van der Waals surface area contributed by atoms with Gasteiger partial charge in [-0.25, -0.2) is 14.8 Å². The number of carboxylic acids is 1. The number of carbonyl (C=O) groups excluding carboxylic acids is 1. The first kappa shape index (κ1) is 13.2. The quantitative estimate of drug-likeness (QED) is 0.873. The zero-order valence-electron chi connectivity index (χ0n) is 10.3. The van der Waals surface area contributed by atoms with E-state index >= 15 is 0 Å². The van der Waals surface area contributed by atoms with Crippen molar-refractivity contribution in [3.8, 4) is 0 Å². The Morgan fingerprint density at radius 2 is 2.26 bits per heavy atom. The summed E-state index contributed by atoms with van der Waals surface area (Å²) in [5, 5.41) is 13.5. The van der Waals surface area contributed by atoms with Gasteiger partial charge in [0, 0.05) is 12.4 Å². The van der Waals surface area contributed by atoms with Gasteiger partial charge in [0.25, 0.3) is 5.91 Å². The lowest BCUT2D eigenvalue weighted by Gasteiger charge is -2.11. The molecule has 0 aromatic carbocycles. The normalized spacial score (nSPS) is 12.1. The molecule has 0 aliphatic heterocycles. The highest BCUT2D eigenvalue weighted by Crippen LogP contribution is 2.18. The molecule has 100 valence electrons. The van der Waals surface area contributed by atoms with Gasteiger partial charge >= 0.3 is 5.97 Å². The van der Waals surface area contributed by atoms with Gasteiger partial charge in [-0.05, 0) is 6.92 Å². The van der Waals surface area contributed by atoms with Gasteiger partial charge in [-0.15, -0.1) is 11.3 Å². The van der Waals surface area contributed by atoms with Gasteiger partial charge in [-0.1, -0.05) is 0 Å². The average Bonchev–Trinajstić information content (AvgIpc) is 2.96. The molecule has 0 radical (unpaired) electrons. The molecule has 0 fully saturated rings. The second-order valence-electron chi connectivity index (χ2n) is 3.96. The number of nitrogens with zero attached hydrogens (tertiary/aromatic N) is 3. The first-order valence-electron chi connectivity index (χ1n) is 5.45. The van der Waals surface area contributed by atoms with E-state index in [1.165, 1.54) is 29.2 Å². The molecule has 2 rings (SSSR count). The van der Waals surface area contributed by atoms with E-state index in [1.807, 2.05) is 0 Å². The second-order valence-corrected chi connectivity index (χ2v) is 4.85. The zero-order chi connectivity index (χ0) is 14.0. The van der Waals surface area contributed by atoms with Crippen molar-refractivity contribution in [1.29, 1.82) is 0 Å². The molecule has 0 saturated carbocycles. The number of aryl methyl sites for hydroxylation is 1. The Hall–Kier alpha value is -2.22. The van der Waals surface area contributed by atoms with Crippen molar-refractivity contribution < 1.29 is 14.7 Å². The Kier molecular flexibility index (Phi) is 3.61. The van der Waals surface area contributed by atoms with E-state index in [4.69, 9.17) is 5.11 Å². The van der Waals surface area contributed by atoms with Gasteiger partial charge < -0.3 is 15.0 Å². The number of imidazole rings is 1. The highest BCUT2D eigenvalue weighted by molar-refractivity contribution is 7.09. The number of amides is 1. The predicted octanol–water partition coefficient (Wildman–Crippen LogP) is 1.07. The summed E-state index contributed by atoms with van der Waals surface area (Å²) in [4.78, 5) is 30.5. The molecular formula is C11H12N4O3S. The van der Waals surface area contributed by atoms with Crippen molar-refractivity contribution in [1.82, 2.24) is 19.9 Å². The third-order valence-corrected chi connectivity index (χ3v) is 3.54. The van der Waals surface area contributed by atoms with Crippen molar-refractivity contribution in [3.63, 3.8) is 0 Å². The van der Waals surface area contributed by atoms with Gasteiger partial charge in [-0.2, -0.15) is 0 Å². The Morgan fingerprint density at radius 1 is 1.53 bits per heavy atom. The minimum atomic E-state index is -1.08. The summed E-state index contributed by atoms with van der Waals surface area (Å²) < 4.78 is 1.60. The van der Waals surface area contributed by atoms with Crippen molar-refractivity contribution in [2.45, 2.75) is 13.0 Å². The van der Waals surface area contributed by atoms with Gasteiger partial charge in [0.1, 0.15) is 10.7 Å². The number of thiazole rings is 1. The molecule has 0 saturated heterocycles. The van der Waals surface area contributed by atoms with Crippen LogP contribution in [-0.2, 0) is 7.05 Å². The van der Waals surface area contributed by atoms with Gasteiger partial charge in [-0.3, -0.25) is 4.79 Å². The number of nitrogens with one attached hydrogen (secondary N) is 1. The summed E-state index contributed by atoms with van der Waals surface area (Å²) in [6.07, 6.45) is 3.00. The molecule has 8 heteroatoms. The third kappa shape index (κ3) is 2.79. The van der Waals surface area contributed by atoms with Gasteiger partial charge in [0.05, 0.1) is 18.6 Å². The predicted molar refractivity (Wildman–Crippen MR) is 68.2 cm³/mol. The maximum atomic E-state index is 11.9. The Bertz CT molecular complexity index is 619. The molecule has 2 N–H and O–H groups in total. The summed E-state index contributed by atoms with van der Waals surface area (Å²) >= 11 is 1.20. The summed E-state index contributed by atoms with van der Waals surface area (Å²) in [6, 6.07) is -0.361. The molecule has 1 amide bonds. The molecule has 0 aliphatic rings. The van der Waals surface area contributed by atoms with Crippen LogP contribution in [0.25, 0.3) is 0 Å². The standard InChI is InChI=1S/C11H12N4O3S/c1-6(10-14-7(4-19-10)11(17)18)13-9(16)8-3-12-5-15(8)2/h3-6H,1-2H3,(H,13,16)(H,17,18). The lowest BCUT2D eigenvalue weighted by atomic mass is 10.3. The molecule has 1 unspecified atom stereocenters. The fourth-order valence-corrected chi connectivity index (χ4v) is 2.29. The zero-order valence-corrected chi connectivity index (χ0v) is 11.1. The molecule has 0 spiro atoms. The van der Waals surface area contributed by atoms with E-state index in [9.17, 15) is 9.59 Å². The van der Waals surface area contributed by atoms with E-state index in [0.29, 0.717) is 10.7 Å². The van der Waals surface area contributed by atoms with Crippen molar-refractivity contribution in [3.05, 3.63) is 34.3 Å². The largest absolute Gasteiger partial charge is 0.476 e. The van der Waals surface area contributed by atoms with Crippen LogP contribution in [0, 0.1) is 0 Å². The Balaban J connectivity index is 2.08. The molecular weight excluding hydrogens is 268 g/mol. The van der Waals surface area contributed by atoms with E-state index in [0.717, 1.165) is 0 Å². The van der Waals surface area contributed by atoms with E-state index < -0.39 is 5.97 Å². The number of rotatable bonds is 4. The van der Waals surface area contributed by atoms with Crippen molar-refractivity contribution >= 4 is 23.2 Å². The van der Waals surface area contributed by atoms with Crippen molar-refractivity contribution in [2.75, 3.05) is 0 Å². The Morgan fingerprint density at radius 3 is 2.79 bits per heavy atom. The number of aromatic nitrogens is 3. The minimum Gasteiger partial charge on any atom is -0.476 e. The van der Waals surface area contributed by atoms with Crippen molar-refractivity contribution in [2.24, 2.45) is 7.05 Å². The lowest BCUT2D eigenvalue weighted by molar-refractivity contribution is 0.0691. The maximum Gasteiger partial charge on any atom is 0.355 e. The molecule has 19 heavy (non-hydrogen) atoms. The molecule has 2 heterocycles. The van der Waals surface area contributed by atoms with E-state index in [2.05, 4.69) is 15.3 Å². The number of carbonyl (C=O) groups is 2. The van der Waals surface area contributed by atoms with Gasteiger partial charge in [0.15, 0.2) is 5.69 Å². The van der Waals surface area contributed by atoms with Crippen LogP contribution in [0.2, 0.25) is 0 Å². The first-order chi connectivity index (χ1) is 8.99. The number of carboxylic acid groups (broad SMARTS) is 1. The van der Waals surface area contributed by atoms with Crippen LogP contribution in [0.3, 0.4) is 0 Å². The van der Waals surface area contributed by atoms with Crippen LogP contribution < -0.4 is 5.32 Å². The number of hydrogen-bond donors (Lipinski definition) is 2. The summed E-state index contributed by atoms with van der Waals surface area (Å²) in [5.41, 5.74) is 0.420. The first-order valence-corrected chi connectivity index (χ1v) is 6.33. The van der Waals surface area contributed by atoms with Crippen LogP contribution >= 0.6 is 11.3 Å². The second kappa shape index (κ2) is 5.19. The smallest absolute Gasteiger partial charge is 0.355 e. The van der Waals surface area contributed by atoms with Gasteiger partial charge in [0.2, 0.25) is 0 Å². The maximum absolute atomic E-state index is 11.9. The fraction of sp³-hybridized carbons (Fsp3) is 0.273. The average molecular weight is 280 g/mol. The van der Waals surface area contributed by atoms with Crippen LogP contribution in [0.1, 0.15) is 39.0 Å². The highest BCUT2D eigenvalue weighted by Gasteiger charge is 2.18. The molecule has 1 atom stereocenters. The molecule has 7 nitrogen and oxygen atoms in total. The Labute approximate surface area is 112 Å².